The van der Waals surface area contributed by atoms with E-state index < -0.39 is 5.60 Å². The number of likely N-dealkylation sites (tertiary alicyclic amines) is 1. The van der Waals surface area contributed by atoms with Crippen LogP contribution in [-0.4, -0.2) is 52.8 Å². The number of amides is 1. The molecule has 1 saturated heterocycles. The van der Waals surface area contributed by atoms with Gasteiger partial charge in [-0.1, -0.05) is 0 Å². The molecule has 116 valence electrons. The SMILES string of the molecule is COc1nccnc1NC1CCN(C(=O)OC(C)(C)C)C1. The molecule has 0 saturated carbocycles. The second kappa shape index (κ2) is 6.15. The van der Waals surface area contributed by atoms with Crippen molar-refractivity contribution in [3.05, 3.63) is 12.4 Å². The molecule has 1 amide bonds. The average Bonchev–Trinajstić information content (AvgIpc) is 2.86. The summed E-state index contributed by atoms with van der Waals surface area (Å²) >= 11 is 0. The summed E-state index contributed by atoms with van der Waals surface area (Å²) < 4.78 is 10.5. The van der Waals surface area contributed by atoms with Crippen molar-refractivity contribution in [2.75, 3.05) is 25.5 Å². The molecular formula is C14H22N4O3. The Morgan fingerprint density at radius 1 is 1.38 bits per heavy atom. The van der Waals surface area contributed by atoms with Gasteiger partial charge in [0.15, 0.2) is 5.82 Å². The number of nitrogens with zero attached hydrogens (tertiary/aromatic N) is 3. The molecule has 1 aromatic heterocycles. The quantitative estimate of drug-likeness (QED) is 0.917. The van der Waals surface area contributed by atoms with Crippen LogP contribution >= 0.6 is 0 Å². The highest BCUT2D eigenvalue weighted by atomic mass is 16.6. The first-order chi connectivity index (χ1) is 9.89. The number of carbonyl (C=O) groups is 1. The number of ether oxygens (including phenoxy) is 2. The van der Waals surface area contributed by atoms with Crippen LogP contribution in [-0.2, 0) is 4.74 Å². The van der Waals surface area contributed by atoms with E-state index in [0.717, 1.165) is 6.42 Å². The molecule has 1 aromatic rings. The molecule has 1 aliphatic rings. The van der Waals surface area contributed by atoms with Gasteiger partial charge in [-0.05, 0) is 27.2 Å². The molecular weight excluding hydrogens is 272 g/mol. The fourth-order valence-corrected chi connectivity index (χ4v) is 2.14. The molecule has 7 heteroatoms. The monoisotopic (exact) mass is 294 g/mol. The van der Waals surface area contributed by atoms with Gasteiger partial charge in [-0.3, -0.25) is 0 Å². The third kappa shape index (κ3) is 4.21. The van der Waals surface area contributed by atoms with Crippen molar-refractivity contribution in [3.63, 3.8) is 0 Å². The Morgan fingerprint density at radius 2 is 2.10 bits per heavy atom. The van der Waals surface area contributed by atoms with Gasteiger partial charge in [0.05, 0.1) is 7.11 Å². The van der Waals surface area contributed by atoms with Crippen molar-refractivity contribution in [1.82, 2.24) is 14.9 Å². The first kappa shape index (κ1) is 15.3. The third-order valence-corrected chi connectivity index (χ3v) is 3.04. The van der Waals surface area contributed by atoms with Gasteiger partial charge < -0.3 is 19.7 Å². The molecule has 0 spiro atoms. The molecule has 0 bridgehead atoms. The Balaban J connectivity index is 1.92. The zero-order valence-electron chi connectivity index (χ0n) is 12.9. The number of hydrogen-bond donors (Lipinski definition) is 1. The Morgan fingerprint density at radius 3 is 2.76 bits per heavy atom. The van der Waals surface area contributed by atoms with Crippen LogP contribution < -0.4 is 10.1 Å². The molecule has 21 heavy (non-hydrogen) atoms. The Kier molecular flexibility index (Phi) is 4.50. The van der Waals surface area contributed by atoms with Gasteiger partial charge in [0.2, 0.25) is 0 Å². The normalized spacial score (nSPS) is 18.5. The zero-order valence-corrected chi connectivity index (χ0v) is 12.9. The largest absolute Gasteiger partial charge is 0.478 e. The summed E-state index contributed by atoms with van der Waals surface area (Å²) in [6.07, 6.45) is 3.73. The Bertz CT molecular complexity index is 501. The van der Waals surface area contributed by atoms with E-state index in [2.05, 4.69) is 15.3 Å². The van der Waals surface area contributed by atoms with Crippen LogP contribution in [0.15, 0.2) is 12.4 Å². The van der Waals surface area contributed by atoms with E-state index in [9.17, 15) is 4.79 Å². The van der Waals surface area contributed by atoms with Gasteiger partial charge in [-0.2, -0.15) is 0 Å². The van der Waals surface area contributed by atoms with E-state index in [1.54, 1.807) is 24.4 Å². The highest BCUT2D eigenvalue weighted by Gasteiger charge is 2.30. The van der Waals surface area contributed by atoms with E-state index in [0.29, 0.717) is 24.8 Å². The third-order valence-electron chi connectivity index (χ3n) is 3.04. The second-order valence-electron chi connectivity index (χ2n) is 5.97. The summed E-state index contributed by atoms with van der Waals surface area (Å²) in [6.45, 7) is 6.83. The van der Waals surface area contributed by atoms with Gasteiger partial charge >= 0.3 is 6.09 Å². The van der Waals surface area contributed by atoms with Gasteiger partial charge in [-0.15, -0.1) is 0 Å². The molecule has 1 aliphatic heterocycles. The Labute approximate surface area is 124 Å². The molecule has 1 fully saturated rings. The topological polar surface area (TPSA) is 76.6 Å². The lowest BCUT2D eigenvalue weighted by Gasteiger charge is -2.24. The van der Waals surface area contributed by atoms with Crippen LogP contribution in [0.2, 0.25) is 0 Å². The second-order valence-corrected chi connectivity index (χ2v) is 5.97. The van der Waals surface area contributed by atoms with Crippen LogP contribution in [0.4, 0.5) is 10.6 Å². The summed E-state index contributed by atoms with van der Waals surface area (Å²) in [5.74, 6) is 1.05. The van der Waals surface area contributed by atoms with Crippen molar-refractivity contribution < 1.29 is 14.3 Å². The van der Waals surface area contributed by atoms with Gasteiger partial charge in [0, 0.05) is 31.5 Å². The smallest absolute Gasteiger partial charge is 0.410 e. The summed E-state index contributed by atoms with van der Waals surface area (Å²) in [7, 11) is 1.55. The minimum absolute atomic E-state index is 0.114. The highest BCUT2D eigenvalue weighted by molar-refractivity contribution is 5.68. The molecule has 1 unspecified atom stereocenters. The molecule has 0 aliphatic carbocycles. The first-order valence-corrected chi connectivity index (χ1v) is 6.98. The maximum atomic E-state index is 12.0. The molecule has 1 N–H and O–H groups in total. The molecule has 7 nitrogen and oxygen atoms in total. The number of methoxy groups -OCH3 is 1. The summed E-state index contributed by atoms with van der Waals surface area (Å²) in [4.78, 5) is 22.0. The molecule has 0 radical (unpaired) electrons. The van der Waals surface area contributed by atoms with Crippen molar-refractivity contribution in [2.45, 2.75) is 38.8 Å². The van der Waals surface area contributed by atoms with E-state index in [4.69, 9.17) is 9.47 Å². The summed E-state index contributed by atoms with van der Waals surface area (Å²) in [5.41, 5.74) is -0.475. The maximum absolute atomic E-state index is 12.0. The number of carbonyl (C=O) groups excluding carboxylic acids is 1. The van der Waals surface area contributed by atoms with E-state index >= 15 is 0 Å². The van der Waals surface area contributed by atoms with Gasteiger partial charge in [-0.25, -0.2) is 14.8 Å². The fourth-order valence-electron chi connectivity index (χ4n) is 2.14. The van der Waals surface area contributed by atoms with Crippen LogP contribution in [0.25, 0.3) is 0 Å². The summed E-state index contributed by atoms with van der Waals surface area (Å²) in [6, 6.07) is 0.114. The number of nitrogens with one attached hydrogen (secondary N) is 1. The first-order valence-electron chi connectivity index (χ1n) is 6.98. The van der Waals surface area contributed by atoms with Gasteiger partial charge in [0.1, 0.15) is 5.60 Å². The summed E-state index contributed by atoms with van der Waals surface area (Å²) in [5, 5.41) is 3.26. The molecule has 2 heterocycles. The van der Waals surface area contributed by atoms with E-state index in [1.807, 2.05) is 20.8 Å². The minimum Gasteiger partial charge on any atom is -0.478 e. The van der Waals surface area contributed by atoms with Gasteiger partial charge in [0.25, 0.3) is 5.88 Å². The lowest BCUT2D eigenvalue weighted by Crippen LogP contribution is -2.36. The van der Waals surface area contributed by atoms with E-state index in [-0.39, 0.29) is 12.1 Å². The lowest BCUT2D eigenvalue weighted by molar-refractivity contribution is 0.0293. The number of anilines is 1. The number of aromatic nitrogens is 2. The minimum atomic E-state index is -0.475. The average molecular weight is 294 g/mol. The predicted octanol–water partition coefficient (Wildman–Crippen LogP) is 1.91. The standard InChI is InChI=1S/C14H22N4O3/c1-14(2,3)21-13(19)18-8-5-10(9-18)17-11-12(20-4)16-7-6-15-11/h6-7,10H,5,8-9H2,1-4H3,(H,15,17). The Hall–Kier alpha value is -2.05. The number of rotatable bonds is 3. The molecule has 1 atom stereocenters. The van der Waals surface area contributed by atoms with Crippen LogP contribution in [0.1, 0.15) is 27.2 Å². The van der Waals surface area contributed by atoms with Crippen LogP contribution in [0, 0.1) is 0 Å². The zero-order chi connectivity index (χ0) is 15.5. The van der Waals surface area contributed by atoms with Crippen molar-refractivity contribution >= 4 is 11.9 Å². The fraction of sp³-hybridized carbons (Fsp3) is 0.643. The van der Waals surface area contributed by atoms with Crippen molar-refractivity contribution in [2.24, 2.45) is 0 Å². The van der Waals surface area contributed by atoms with Crippen LogP contribution in [0.5, 0.6) is 5.88 Å². The predicted molar refractivity (Wildman–Crippen MR) is 78.4 cm³/mol. The molecule has 2 rings (SSSR count). The van der Waals surface area contributed by atoms with E-state index in [1.165, 1.54) is 0 Å². The van der Waals surface area contributed by atoms with Crippen LogP contribution in [0.3, 0.4) is 0 Å². The highest BCUT2D eigenvalue weighted by Crippen LogP contribution is 2.22. The lowest BCUT2D eigenvalue weighted by atomic mass is 10.2. The maximum Gasteiger partial charge on any atom is 0.410 e. The van der Waals surface area contributed by atoms with Crippen molar-refractivity contribution in [1.29, 1.82) is 0 Å². The number of hydrogen-bond acceptors (Lipinski definition) is 6. The van der Waals surface area contributed by atoms with Crippen molar-refractivity contribution in [3.8, 4) is 5.88 Å². The molecule has 0 aromatic carbocycles.